The highest BCUT2D eigenvalue weighted by Gasteiger charge is 2.08. The molecule has 0 aliphatic heterocycles. The molecule has 5 nitrogen and oxygen atoms in total. The Bertz CT molecular complexity index is 620. The molecular weight excluding hydrogens is 280 g/mol. The number of methoxy groups -OCH3 is 1. The second-order valence-electron chi connectivity index (χ2n) is 4.10. The van der Waals surface area contributed by atoms with Crippen LogP contribution in [0.25, 0.3) is 0 Å². The Morgan fingerprint density at radius 2 is 2.00 bits per heavy atom. The van der Waals surface area contributed by atoms with Crippen LogP contribution in [0, 0.1) is 0 Å². The van der Waals surface area contributed by atoms with Gasteiger partial charge in [-0.25, -0.2) is 4.79 Å². The molecule has 1 aromatic carbocycles. The van der Waals surface area contributed by atoms with Crippen LogP contribution in [0.1, 0.15) is 26.4 Å². The lowest BCUT2D eigenvalue weighted by Crippen LogP contribution is -2.23. The van der Waals surface area contributed by atoms with Gasteiger partial charge in [0.2, 0.25) is 0 Å². The van der Waals surface area contributed by atoms with E-state index in [4.69, 9.17) is 11.6 Å². The average molecular weight is 293 g/mol. The summed E-state index contributed by atoms with van der Waals surface area (Å²) in [7, 11) is 1.33. The van der Waals surface area contributed by atoms with Gasteiger partial charge in [0, 0.05) is 12.7 Å². The van der Waals surface area contributed by atoms with E-state index in [1.165, 1.54) is 7.11 Å². The summed E-state index contributed by atoms with van der Waals surface area (Å²) >= 11 is 5.73. The van der Waals surface area contributed by atoms with Crippen LogP contribution in [0.5, 0.6) is 0 Å². The van der Waals surface area contributed by atoms with Crippen molar-refractivity contribution < 1.29 is 14.3 Å². The van der Waals surface area contributed by atoms with Crippen LogP contribution in [-0.2, 0) is 11.3 Å². The van der Waals surface area contributed by atoms with Crippen LogP contribution in [0.3, 0.4) is 0 Å². The monoisotopic (exact) mass is 292 g/mol. The Hall–Kier alpha value is -2.27. The number of halogens is 1. The maximum Gasteiger partial charge on any atom is 0.337 e. The molecule has 0 fully saturated rings. The van der Waals surface area contributed by atoms with E-state index in [1.54, 1.807) is 36.5 Å². The SMILES string of the molecule is COC(=O)c1ccc(CNC(=O)c2cc(Cl)c[nH]2)cc1. The predicted molar refractivity (Wildman–Crippen MR) is 74.8 cm³/mol. The minimum Gasteiger partial charge on any atom is -0.465 e. The van der Waals surface area contributed by atoms with Gasteiger partial charge in [-0.15, -0.1) is 0 Å². The van der Waals surface area contributed by atoms with E-state index in [0.29, 0.717) is 22.8 Å². The van der Waals surface area contributed by atoms with Crippen molar-refractivity contribution in [3.8, 4) is 0 Å². The fraction of sp³-hybridized carbons (Fsp3) is 0.143. The smallest absolute Gasteiger partial charge is 0.337 e. The number of esters is 1. The quantitative estimate of drug-likeness (QED) is 0.850. The molecule has 20 heavy (non-hydrogen) atoms. The lowest BCUT2D eigenvalue weighted by atomic mass is 10.1. The molecule has 0 unspecified atom stereocenters. The Morgan fingerprint density at radius 3 is 2.55 bits per heavy atom. The number of hydrogen-bond donors (Lipinski definition) is 2. The number of ether oxygens (including phenoxy) is 1. The van der Waals surface area contributed by atoms with Crippen molar-refractivity contribution in [3.63, 3.8) is 0 Å². The third-order valence-corrected chi connectivity index (χ3v) is 2.94. The van der Waals surface area contributed by atoms with Gasteiger partial charge in [-0.3, -0.25) is 4.79 Å². The van der Waals surface area contributed by atoms with Gasteiger partial charge in [-0.2, -0.15) is 0 Å². The van der Waals surface area contributed by atoms with Crippen molar-refractivity contribution in [1.82, 2.24) is 10.3 Å². The van der Waals surface area contributed by atoms with E-state index >= 15 is 0 Å². The van der Waals surface area contributed by atoms with Crippen molar-refractivity contribution in [2.75, 3.05) is 7.11 Å². The number of amides is 1. The summed E-state index contributed by atoms with van der Waals surface area (Å²) < 4.78 is 4.61. The van der Waals surface area contributed by atoms with Crippen molar-refractivity contribution in [1.29, 1.82) is 0 Å². The molecule has 0 spiro atoms. The summed E-state index contributed by atoms with van der Waals surface area (Å²) in [6, 6.07) is 8.37. The summed E-state index contributed by atoms with van der Waals surface area (Å²) in [6.07, 6.45) is 1.54. The Kier molecular flexibility index (Phi) is 4.42. The van der Waals surface area contributed by atoms with Crippen LogP contribution in [-0.4, -0.2) is 24.0 Å². The van der Waals surface area contributed by atoms with E-state index in [-0.39, 0.29) is 11.9 Å². The number of carbonyl (C=O) groups is 2. The highest BCUT2D eigenvalue weighted by atomic mass is 35.5. The van der Waals surface area contributed by atoms with E-state index < -0.39 is 0 Å². The Morgan fingerprint density at radius 1 is 1.30 bits per heavy atom. The summed E-state index contributed by atoms with van der Waals surface area (Å²) in [5, 5.41) is 3.23. The number of aromatic nitrogens is 1. The molecule has 0 radical (unpaired) electrons. The van der Waals surface area contributed by atoms with Crippen LogP contribution in [0.2, 0.25) is 5.02 Å². The first-order chi connectivity index (χ1) is 9.60. The van der Waals surface area contributed by atoms with Crippen LogP contribution in [0.15, 0.2) is 36.5 Å². The molecule has 1 amide bonds. The first kappa shape index (κ1) is 14.1. The highest BCUT2D eigenvalue weighted by Crippen LogP contribution is 2.10. The Labute approximate surface area is 120 Å². The van der Waals surface area contributed by atoms with E-state index in [1.807, 2.05) is 0 Å². The summed E-state index contributed by atoms with van der Waals surface area (Å²) in [5.41, 5.74) is 1.75. The predicted octanol–water partition coefficient (Wildman–Crippen LogP) is 2.38. The number of hydrogen-bond acceptors (Lipinski definition) is 3. The second-order valence-corrected chi connectivity index (χ2v) is 4.54. The summed E-state index contributed by atoms with van der Waals surface area (Å²) in [6.45, 7) is 0.358. The van der Waals surface area contributed by atoms with Crippen LogP contribution < -0.4 is 5.32 Å². The molecule has 0 aliphatic carbocycles. The molecule has 6 heteroatoms. The minimum absolute atomic E-state index is 0.242. The molecule has 104 valence electrons. The van der Waals surface area contributed by atoms with E-state index in [0.717, 1.165) is 5.56 Å². The second kappa shape index (κ2) is 6.25. The van der Waals surface area contributed by atoms with Gasteiger partial charge in [-0.1, -0.05) is 23.7 Å². The maximum atomic E-state index is 11.8. The third kappa shape index (κ3) is 3.39. The molecule has 0 bridgehead atoms. The first-order valence-corrected chi connectivity index (χ1v) is 6.27. The Balaban J connectivity index is 1.94. The fourth-order valence-corrected chi connectivity index (χ4v) is 1.82. The molecule has 0 atom stereocenters. The molecule has 0 aliphatic rings. The van der Waals surface area contributed by atoms with Gasteiger partial charge in [0.25, 0.3) is 5.91 Å². The standard InChI is InChI=1S/C14H13ClN2O3/c1-20-14(19)10-4-2-9(3-5-10)7-17-13(18)12-6-11(15)8-16-12/h2-6,8,16H,7H2,1H3,(H,17,18). The zero-order chi connectivity index (χ0) is 14.5. The van der Waals surface area contributed by atoms with Crippen molar-refractivity contribution >= 4 is 23.5 Å². The van der Waals surface area contributed by atoms with Gasteiger partial charge >= 0.3 is 5.97 Å². The molecule has 0 saturated heterocycles. The highest BCUT2D eigenvalue weighted by molar-refractivity contribution is 6.30. The normalized spacial score (nSPS) is 10.1. The van der Waals surface area contributed by atoms with Gasteiger partial charge in [0.05, 0.1) is 17.7 Å². The van der Waals surface area contributed by atoms with Crippen molar-refractivity contribution in [2.45, 2.75) is 6.54 Å². The molecule has 2 N–H and O–H groups in total. The topological polar surface area (TPSA) is 71.2 Å². The molecule has 1 heterocycles. The fourth-order valence-electron chi connectivity index (χ4n) is 1.65. The number of nitrogens with one attached hydrogen (secondary N) is 2. The number of carbonyl (C=O) groups excluding carboxylic acids is 2. The zero-order valence-electron chi connectivity index (χ0n) is 10.8. The van der Waals surface area contributed by atoms with E-state index in [9.17, 15) is 9.59 Å². The molecular formula is C14H13ClN2O3. The maximum absolute atomic E-state index is 11.8. The number of aromatic amines is 1. The first-order valence-electron chi connectivity index (χ1n) is 5.89. The van der Waals surface area contributed by atoms with Crippen molar-refractivity contribution in [3.05, 3.63) is 58.4 Å². The van der Waals surface area contributed by atoms with Gasteiger partial charge in [0.1, 0.15) is 5.69 Å². The lowest BCUT2D eigenvalue weighted by Gasteiger charge is -2.05. The minimum atomic E-state index is -0.387. The summed E-state index contributed by atoms with van der Waals surface area (Å²) in [5.74, 6) is -0.629. The molecule has 2 aromatic rings. The lowest BCUT2D eigenvalue weighted by molar-refractivity contribution is 0.0600. The number of H-pyrrole nitrogens is 1. The molecule has 0 saturated carbocycles. The molecule has 2 rings (SSSR count). The number of benzene rings is 1. The van der Waals surface area contributed by atoms with E-state index in [2.05, 4.69) is 15.0 Å². The average Bonchev–Trinajstić information content (AvgIpc) is 2.91. The zero-order valence-corrected chi connectivity index (χ0v) is 11.5. The van der Waals surface area contributed by atoms with Gasteiger partial charge < -0.3 is 15.0 Å². The van der Waals surface area contributed by atoms with Gasteiger partial charge in [-0.05, 0) is 23.8 Å². The van der Waals surface area contributed by atoms with Crippen LogP contribution in [0.4, 0.5) is 0 Å². The van der Waals surface area contributed by atoms with Crippen molar-refractivity contribution in [2.24, 2.45) is 0 Å². The molecule has 1 aromatic heterocycles. The van der Waals surface area contributed by atoms with Crippen LogP contribution >= 0.6 is 11.6 Å². The van der Waals surface area contributed by atoms with Gasteiger partial charge in [0.15, 0.2) is 0 Å². The number of rotatable bonds is 4. The largest absolute Gasteiger partial charge is 0.465 e. The summed E-state index contributed by atoms with van der Waals surface area (Å²) in [4.78, 5) is 25.8. The third-order valence-electron chi connectivity index (χ3n) is 2.72.